The highest BCUT2D eigenvalue weighted by atomic mass is 16.1. The average Bonchev–Trinajstić information content (AvgIpc) is 2.97. The van der Waals surface area contributed by atoms with Gasteiger partial charge in [-0.3, -0.25) is 9.59 Å². The van der Waals surface area contributed by atoms with E-state index in [0.29, 0.717) is 24.0 Å². The summed E-state index contributed by atoms with van der Waals surface area (Å²) in [5, 5.41) is 3.68. The molecule has 4 heteroatoms. The lowest BCUT2D eigenvalue weighted by atomic mass is 9.83. The number of carbonyl (C=O) groups excluding carboxylic acids is 2. The van der Waals surface area contributed by atoms with Crippen molar-refractivity contribution in [3.63, 3.8) is 0 Å². The number of hydrogen-bond acceptors (Lipinski definition) is 2. The fraction of sp³-hybridized carbons (Fsp3) is 0.105. The van der Waals surface area contributed by atoms with E-state index in [0.717, 1.165) is 43.8 Å². The number of hydrogen-bond donors (Lipinski definition) is 2. The van der Waals surface area contributed by atoms with E-state index >= 15 is 0 Å². The molecule has 6 aromatic carbocycles. The van der Waals surface area contributed by atoms with Crippen molar-refractivity contribution in [2.24, 2.45) is 11.5 Å². The number of benzene rings is 6. The highest BCUT2D eigenvalue weighted by Gasteiger charge is 2.19. The van der Waals surface area contributed by atoms with Crippen molar-refractivity contribution in [3.8, 4) is 11.1 Å². The summed E-state index contributed by atoms with van der Waals surface area (Å²) in [5.41, 5.74) is 21.8. The van der Waals surface area contributed by atoms with E-state index in [1.165, 1.54) is 22.3 Å². The van der Waals surface area contributed by atoms with Crippen molar-refractivity contribution in [2.45, 2.75) is 26.7 Å². The van der Waals surface area contributed by atoms with Gasteiger partial charge in [0.15, 0.2) is 0 Å². The van der Waals surface area contributed by atoms with Crippen LogP contribution in [0.25, 0.3) is 32.7 Å². The molecular formula is C38H32N2O2. The molecule has 0 aliphatic rings. The van der Waals surface area contributed by atoms with Crippen LogP contribution in [0.5, 0.6) is 0 Å². The Morgan fingerprint density at radius 3 is 1.29 bits per heavy atom. The van der Waals surface area contributed by atoms with E-state index in [1.54, 1.807) is 12.1 Å². The topological polar surface area (TPSA) is 86.2 Å². The maximum absolute atomic E-state index is 12.4. The Bertz CT molecular complexity index is 1880. The lowest BCUT2D eigenvalue weighted by molar-refractivity contribution is 0.0993. The molecule has 0 bridgehead atoms. The Hall–Kier alpha value is -5.22. The first kappa shape index (κ1) is 27.0. The molecule has 0 aliphatic heterocycles. The molecule has 0 aliphatic carbocycles. The zero-order valence-electron chi connectivity index (χ0n) is 23.8. The largest absolute Gasteiger partial charge is 0.366 e. The Labute approximate surface area is 245 Å². The van der Waals surface area contributed by atoms with Crippen LogP contribution in [0.2, 0.25) is 0 Å². The monoisotopic (exact) mass is 548 g/mol. The van der Waals surface area contributed by atoms with Crippen molar-refractivity contribution in [1.82, 2.24) is 0 Å². The van der Waals surface area contributed by atoms with Crippen molar-refractivity contribution in [1.29, 1.82) is 0 Å². The van der Waals surface area contributed by atoms with E-state index in [4.69, 9.17) is 11.5 Å². The minimum Gasteiger partial charge on any atom is -0.366 e. The second kappa shape index (κ2) is 11.0. The third-order valence-electron chi connectivity index (χ3n) is 8.09. The molecule has 6 aromatic rings. The summed E-state index contributed by atoms with van der Waals surface area (Å²) in [7, 11) is 0. The lowest BCUT2D eigenvalue weighted by Crippen LogP contribution is -2.12. The maximum atomic E-state index is 12.4. The predicted octanol–water partition coefficient (Wildman–Crippen LogP) is 7.66. The van der Waals surface area contributed by atoms with Crippen LogP contribution in [0.15, 0.2) is 109 Å². The molecule has 0 spiro atoms. The fourth-order valence-corrected chi connectivity index (χ4v) is 6.21. The summed E-state index contributed by atoms with van der Waals surface area (Å²) in [5.74, 6) is -0.889. The first-order valence-corrected chi connectivity index (χ1v) is 14.1. The third-order valence-corrected chi connectivity index (χ3v) is 8.09. The number of aryl methyl sites for hydroxylation is 2. The number of primary amides is 2. The van der Waals surface area contributed by atoms with Gasteiger partial charge in [0, 0.05) is 11.1 Å². The maximum Gasteiger partial charge on any atom is 0.249 e. The van der Waals surface area contributed by atoms with Crippen LogP contribution < -0.4 is 11.5 Å². The molecule has 206 valence electrons. The number of fused-ring (bicyclic) bond motifs is 2. The Balaban J connectivity index is 1.67. The van der Waals surface area contributed by atoms with E-state index < -0.39 is 11.8 Å². The summed E-state index contributed by atoms with van der Waals surface area (Å²) in [6.45, 7) is 4.19. The van der Waals surface area contributed by atoms with E-state index in [2.05, 4.69) is 86.6 Å². The second-order valence-corrected chi connectivity index (χ2v) is 11.0. The molecular weight excluding hydrogens is 516 g/mol. The zero-order chi connectivity index (χ0) is 29.4. The van der Waals surface area contributed by atoms with Gasteiger partial charge in [-0.25, -0.2) is 0 Å². The van der Waals surface area contributed by atoms with Crippen LogP contribution in [-0.2, 0) is 12.8 Å². The van der Waals surface area contributed by atoms with Gasteiger partial charge in [-0.2, -0.15) is 0 Å². The lowest BCUT2D eigenvalue weighted by Gasteiger charge is -2.20. The van der Waals surface area contributed by atoms with E-state index in [9.17, 15) is 9.59 Å². The van der Waals surface area contributed by atoms with Gasteiger partial charge >= 0.3 is 0 Å². The summed E-state index contributed by atoms with van der Waals surface area (Å²) >= 11 is 0. The molecule has 0 atom stereocenters. The SMILES string of the molecule is Cc1cccc(Cc2c(-c3ccc4c(C(N)=O)cccc4c3Cc3cccc(C)c3)ccc3c(C(N)=O)cccc23)c1. The highest BCUT2D eigenvalue weighted by Crippen LogP contribution is 2.39. The van der Waals surface area contributed by atoms with Gasteiger partial charge in [0.05, 0.1) is 0 Å². The number of amides is 2. The van der Waals surface area contributed by atoms with Gasteiger partial charge in [0.2, 0.25) is 11.8 Å². The van der Waals surface area contributed by atoms with Crippen LogP contribution in [0.1, 0.15) is 54.1 Å². The number of rotatable bonds is 7. The van der Waals surface area contributed by atoms with Crippen LogP contribution in [0, 0.1) is 13.8 Å². The second-order valence-electron chi connectivity index (χ2n) is 11.0. The minimum atomic E-state index is -0.445. The fourth-order valence-electron chi connectivity index (χ4n) is 6.21. The van der Waals surface area contributed by atoms with Crippen LogP contribution >= 0.6 is 0 Å². The van der Waals surface area contributed by atoms with Crippen molar-refractivity contribution in [3.05, 3.63) is 154 Å². The summed E-state index contributed by atoms with van der Waals surface area (Å²) in [4.78, 5) is 24.8. The van der Waals surface area contributed by atoms with Gasteiger partial charge in [-0.05, 0) is 93.7 Å². The van der Waals surface area contributed by atoms with Crippen LogP contribution in [-0.4, -0.2) is 11.8 Å². The molecule has 0 radical (unpaired) electrons. The van der Waals surface area contributed by atoms with Gasteiger partial charge < -0.3 is 11.5 Å². The van der Waals surface area contributed by atoms with Crippen molar-refractivity contribution < 1.29 is 9.59 Å². The Morgan fingerprint density at radius 1 is 0.500 bits per heavy atom. The molecule has 42 heavy (non-hydrogen) atoms. The molecule has 4 N–H and O–H groups in total. The van der Waals surface area contributed by atoms with E-state index in [1.807, 2.05) is 24.3 Å². The Kier molecular flexibility index (Phi) is 7.05. The van der Waals surface area contributed by atoms with Gasteiger partial charge in [-0.1, -0.05) is 108 Å². The van der Waals surface area contributed by atoms with E-state index in [-0.39, 0.29) is 0 Å². The summed E-state index contributed by atoms with van der Waals surface area (Å²) < 4.78 is 0. The van der Waals surface area contributed by atoms with Gasteiger partial charge in [-0.15, -0.1) is 0 Å². The first-order valence-electron chi connectivity index (χ1n) is 14.1. The molecule has 0 fully saturated rings. The molecule has 0 aromatic heterocycles. The van der Waals surface area contributed by atoms with Gasteiger partial charge in [0.25, 0.3) is 0 Å². The predicted molar refractivity (Wildman–Crippen MR) is 172 cm³/mol. The van der Waals surface area contributed by atoms with Crippen LogP contribution in [0.4, 0.5) is 0 Å². The molecule has 0 saturated carbocycles. The third kappa shape index (κ3) is 5.04. The molecule has 0 unspecified atom stereocenters. The highest BCUT2D eigenvalue weighted by molar-refractivity contribution is 6.10. The van der Waals surface area contributed by atoms with Crippen LogP contribution in [0.3, 0.4) is 0 Å². The average molecular weight is 549 g/mol. The normalized spacial score (nSPS) is 11.2. The molecule has 2 amide bonds. The smallest absolute Gasteiger partial charge is 0.249 e. The number of carbonyl (C=O) groups is 2. The summed E-state index contributed by atoms with van der Waals surface area (Å²) in [6.07, 6.45) is 1.36. The quantitative estimate of drug-likeness (QED) is 0.215. The zero-order valence-corrected chi connectivity index (χ0v) is 23.8. The van der Waals surface area contributed by atoms with Crippen molar-refractivity contribution >= 4 is 33.4 Å². The summed E-state index contributed by atoms with van der Waals surface area (Å²) in [6, 6.07) is 36.8. The Morgan fingerprint density at radius 2 is 0.905 bits per heavy atom. The molecule has 0 heterocycles. The molecule has 4 nitrogen and oxygen atoms in total. The minimum absolute atomic E-state index is 0.445. The first-order chi connectivity index (χ1) is 20.3. The molecule has 0 saturated heterocycles. The molecule has 6 rings (SSSR count). The number of nitrogens with two attached hydrogens (primary N) is 2. The van der Waals surface area contributed by atoms with Gasteiger partial charge in [0.1, 0.15) is 0 Å². The van der Waals surface area contributed by atoms with Crippen molar-refractivity contribution in [2.75, 3.05) is 0 Å². The standard InChI is InChI=1S/C38H32N2O2/c1-23-7-3-9-25(19-23)21-35-27-11-5-13-33(37(39)41)29(27)15-17-31(35)32-18-16-30-28(12-6-14-34(30)38(40)42)36(32)22-26-10-4-8-24(2)20-26/h3-20H,21-22H2,1-2H3,(H2,39,41)(H2,40,42).